The lowest BCUT2D eigenvalue weighted by molar-refractivity contribution is 0.349. The second-order valence-electron chi connectivity index (χ2n) is 5.47. The minimum absolute atomic E-state index is 0.521. The van der Waals surface area contributed by atoms with Crippen LogP contribution < -0.4 is 10.2 Å². The van der Waals surface area contributed by atoms with Gasteiger partial charge in [-0.3, -0.25) is 0 Å². The molecule has 0 unspecified atom stereocenters. The van der Waals surface area contributed by atoms with Crippen LogP contribution in [0.15, 0.2) is 18.3 Å². The monoisotopic (exact) mass is 293 g/mol. The average molecular weight is 294 g/mol. The van der Waals surface area contributed by atoms with E-state index >= 15 is 0 Å². The molecule has 0 aliphatic heterocycles. The third-order valence-electron chi connectivity index (χ3n) is 4.25. The summed E-state index contributed by atoms with van der Waals surface area (Å²) < 4.78 is 1.74. The van der Waals surface area contributed by atoms with Crippen molar-refractivity contribution < 1.29 is 0 Å². The van der Waals surface area contributed by atoms with E-state index in [1.165, 1.54) is 25.7 Å². The highest BCUT2D eigenvalue weighted by molar-refractivity contribution is 6.30. The van der Waals surface area contributed by atoms with Crippen molar-refractivity contribution in [1.82, 2.24) is 19.9 Å². The van der Waals surface area contributed by atoms with Crippen molar-refractivity contribution in [3.05, 3.63) is 23.4 Å². The Morgan fingerprint density at radius 2 is 2.05 bits per heavy atom. The number of nitrogens with one attached hydrogen (secondary N) is 1. The minimum Gasteiger partial charge on any atom is -0.340 e. The minimum atomic E-state index is 0.521. The predicted octanol–water partition coefficient (Wildman–Crippen LogP) is 2.35. The molecule has 0 bridgehead atoms. The third kappa shape index (κ3) is 2.60. The number of halogens is 1. The number of aromatic nitrogens is 3. The molecule has 2 heterocycles. The molecule has 108 valence electrons. The van der Waals surface area contributed by atoms with E-state index in [2.05, 4.69) is 27.3 Å². The van der Waals surface area contributed by atoms with Gasteiger partial charge in [-0.1, -0.05) is 11.6 Å². The number of pyridine rings is 1. The van der Waals surface area contributed by atoms with E-state index in [1.807, 2.05) is 19.2 Å². The Balaban J connectivity index is 1.77. The molecule has 0 spiro atoms. The van der Waals surface area contributed by atoms with Crippen molar-refractivity contribution in [2.75, 3.05) is 19.0 Å². The summed E-state index contributed by atoms with van der Waals surface area (Å²) in [6.07, 6.45) is 6.57. The number of fused-ring (bicyclic) bond motifs is 1. The molecule has 0 saturated heterocycles. The Labute approximate surface area is 123 Å². The van der Waals surface area contributed by atoms with Gasteiger partial charge in [0, 0.05) is 25.3 Å². The molecule has 1 aliphatic rings. The van der Waals surface area contributed by atoms with E-state index in [0.29, 0.717) is 17.1 Å². The quantitative estimate of drug-likeness (QED) is 0.943. The number of nitrogens with zero attached hydrogens (tertiary/aromatic N) is 4. The highest BCUT2D eigenvalue weighted by Crippen LogP contribution is 2.25. The van der Waals surface area contributed by atoms with Crippen LogP contribution in [-0.4, -0.2) is 40.8 Å². The third-order valence-corrected chi connectivity index (χ3v) is 4.48. The lowest BCUT2D eigenvalue weighted by Gasteiger charge is -2.33. The second kappa shape index (κ2) is 5.58. The van der Waals surface area contributed by atoms with Crippen LogP contribution in [0.25, 0.3) is 5.65 Å². The van der Waals surface area contributed by atoms with Gasteiger partial charge in [-0.25, -0.2) is 4.52 Å². The summed E-state index contributed by atoms with van der Waals surface area (Å²) in [4.78, 5) is 6.77. The predicted molar refractivity (Wildman–Crippen MR) is 81.5 cm³/mol. The van der Waals surface area contributed by atoms with Crippen molar-refractivity contribution in [3.8, 4) is 0 Å². The molecule has 20 heavy (non-hydrogen) atoms. The van der Waals surface area contributed by atoms with Gasteiger partial charge in [0.2, 0.25) is 5.95 Å². The molecular formula is C14H20ClN5. The number of hydrogen-bond donors (Lipinski definition) is 1. The van der Waals surface area contributed by atoms with Crippen LogP contribution in [0.4, 0.5) is 5.95 Å². The average Bonchev–Trinajstić information content (AvgIpc) is 2.89. The number of rotatable bonds is 3. The summed E-state index contributed by atoms with van der Waals surface area (Å²) in [7, 11) is 4.13. The molecule has 0 amide bonds. The van der Waals surface area contributed by atoms with Gasteiger partial charge < -0.3 is 10.2 Å². The van der Waals surface area contributed by atoms with Crippen molar-refractivity contribution in [2.24, 2.45) is 0 Å². The van der Waals surface area contributed by atoms with E-state index in [4.69, 9.17) is 11.6 Å². The normalized spacial score (nSPS) is 23.1. The fraction of sp³-hybridized carbons (Fsp3) is 0.571. The van der Waals surface area contributed by atoms with E-state index < -0.39 is 0 Å². The van der Waals surface area contributed by atoms with Gasteiger partial charge in [-0.05, 0) is 44.9 Å². The number of hydrogen-bond acceptors (Lipinski definition) is 4. The molecule has 2 aromatic rings. The molecule has 3 rings (SSSR count). The maximum Gasteiger partial charge on any atom is 0.245 e. The summed E-state index contributed by atoms with van der Waals surface area (Å²) in [5.41, 5.74) is 0.833. The zero-order chi connectivity index (χ0) is 14.1. The lowest BCUT2D eigenvalue weighted by Crippen LogP contribution is -2.40. The van der Waals surface area contributed by atoms with Crippen molar-refractivity contribution in [3.63, 3.8) is 0 Å². The van der Waals surface area contributed by atoms with Crippen LogP contribution in [0, 0.1) is 0 Å². The van der Waals surface area contributed by atoms with E-state index in [0.717, 1.165) is 11.6 Å². The molecule has 5 nitrogen and oxygen atoms in total. The van der Waals surface area contributed by atoms with Crippen molar-refractivity contribution >= 4 is 23.2 Å². The summed E-state index contributed by atoms with van der Waals surface area (Å²) in [6.45, 7) is 0. The van der Waals surface area contributed by atoms with Crippen LogP contribution in [0.5, 0.6) is 0 Å². The molecule has 0 radical (unpaired) electrons. The molecular weight excluding hydrogens is 274 g/mol. The molecule has 1 aliphatic carbocycles. The Hall–Kier alpha value is -1.33. The van der Waals surface area contributed by atoms with Crippen LogP contribution in [0.2, 0.25) is 5.02 Å². The first-order chi connectivity index (χ1) is 9.67. The van der Waals surface area contributed by atoms with Crippen molar-refractivity contribution in [2.45, 2.75) is 37.8 Å². The molecule has 1 fully saturated rings. The molecule has 6 heteroatoms. The van der Waals surface area contributed by atoms with Gasteiger partial charge in [0.25, 0.3) is 0 Å². The maximum atomic E-state index is 5.98. The van der Waals surface area contributed by atoms with E-state index in [-0.39, 0.29) is 0 Å². The number of anilines is 1. The van der Waals surface area contributed by atoms with Crippen LogP contribution in [-0.2, 0) is 0 Å². The summed E-state index contributed by atoms with van der Waals surface area (Å²) in [5.74, 6) is 0.778. The molecule has 2 aromatic heterocycles. The fourth-order valence-corrected chi connectivity index (χ4v) is 3.07. The molecule has 0 aromatic carbocycles. The van der Waals surface area contributed by atoms with Gasteiger partial charge in [0.15, 0.2) is 5.65 Å². The Morgan fingerprint density at radius 1 is 1.30 bits per heavy atom. The standard InChI is InChI=1S/C14H20ClN5/c1-16-11-4-6-12(7-5-11)19(2)14-17-13-8-3-10(15)9-20(13)18-14/h3,8-9,11-12,16H,4-7H2,1-2H3. The first-order valence-corrected chi connectivity index (χ1v) is 7.47. The summed E-state index contributed by atoms with van der Waals surface area (Å²) >= 11 is 5.98. The Morgan fingerprint density at radius 3 is 2.75 bits per heavy atom. The highest BCUT2D eigenvalue weighted by atomic mass is 35.5. The molecule has 0 atom stereocenters. The van der Waals surface area contributed by atoms with Gasteiger partial charge in [0.1, 0.15) is 0 Å². The van der Waals surface area contributed by atoms with Gasteiger partial charge in [-0.15, -0.1) is 5.10 Å². The van der Waals surface area contributed by atoms with Crippen LogP contribution >= 0.6 is 11.6 Å². The zero-order valence-electron chi connectivity index (χ0n) is 11.9. The first-order valence-electron chi connectivity index (χ1n) is 7.09. The Bertz CT molecular complexity index is 588. The van der Waals surface area contributed by atoms with Crippen LogP contribution in [0.1, 0.15) is 25.7 Å². The zero-order valence-corrected chi connectivity index (χ0v) is 12.6. The summed E-state index contributed by atoms with van der Waals surface area (Å²) in [5, 5.41) is 8.55. The van der Waals surface area contributed by atoms with Crippen LogP contribution in [0.3, 0.4) is 0 Å². The largest absolute Gasteiger partial charge is 0.340 e. The van der Waals surface area contributed by atoms with Gasteiger partial charge in [-0.2, -0.15) is 4.98 Å². The molecule has 1 N–H and O–H groups in total. The van der Waals surface area contributed by atoms with E-state index in [9.17, 15) is 0 Å². The first kappa shape index (κ1) is 13.6. The SMILES string of the molecule is CNC1CCC(N(C)c2nc3ccc(Cl)cn3n2)CC1. The van der Waals surface area contributed by atoms with Gasteiger partial charge in [0.05, 0.1) is 5.02 Å². The second-order valence-corrected chi connectivity index (χ2v) is 5.90. The van der Waals surface area contributed by atoms with Gasteiger partial charge >= 0.3 is 0 Å². The highest BCUT2D eigenvalue weighted by Gasteiger charge is 2.25. The lowest BCUT2D eigenvalue weighted by atomic mass is 9.90. The molecule has 1 saturated carbocycles. The maximum absolute atomic E-state index is 5.98. The topological polar surface area (TPSA) is 45.5 Å². The van der Waals surface area contributed by atoms with Crippen molar-refractivity contribution in [1.29, 1.82) is 0 Å². The fourth-order valence-electron chi connectivity index (χ4n) is 2.91. The smallest absolute Gasteiger partial charge is 0.245 e. The Kier molecular flexibility index (Phi) is 3.81. The van der Waals surface area contributed by atoms with E-state index in [1.54, 1.807) is 10.7 Å². The summed E-state index contributed by atoms with van der Waals surface area (Å²) in [6, 6.07) is 4.91.